The number of halogens is 1. The van der Waals surface area contributed by atoms with Crippen LogP contribution in [-0.4, -0.2) is 4.98 Å². The molecule has 0 aliphatic heterocycles. The molecule has 0 bridgehead atoms. The first kappa shape index (κ1) is 10.8. The minimum Gasteiger partial charge on any atom is -0.307 e. The third kappa shape index (κ3) is 3.41. The Hall–Kier alpha value is -0.710. The van der Waals surface area contributed by atoms with Crippen LogP contribution < -0.4 is 5.32 Å². The Labute approximate surface area is 101 Å². The van der Waals surface area contributed by atoms with Crippen molar-refractivity contribution in [1.29, 1.82) is 0 Å². The quantitative estimate of drug-likeness (QED) is 0.932. The second-order valence-electron chi connectivity index (χ2n) is 3.16. The fraction of sp³-hybridized carbons (Fsp3) is 0.182. The van der Waals surface area contributed by atoms with Crippen LogP contribution in [0.3, 0.4) is 0 Å². The third-order valence-electron chi connectivity index (χ3n) is 1.99. The van der Waals surface area contributed by atoms with Gasteiger partial charge in [-0.1, -0.05) is 28.1 Å². The first-order valence-electron chi connectivity index (χ1n) is 4.60. The molecule has 1 radical (unpaired) electrons. The number of nitrogens with one attached hydrogen (secondary N) is 1. The van der Waals surface area contributed by atoms with Gasteiger partial charge in [0, 0.05) is 22.9 Å². The van der Waals surface area contributed by atoms with Crippen molar-refractivity contribution in [3.05, 3.63) is 50.9 Å². The first-order valence-corrected chi connectivity index (χ1v) is 6.27. The van der Waals surface area contributed by atoms with E-state index in [0.717, 1.165) is 23.3 Å². The van der Waals surface area contributed by atoms with E-state index in [4.69, 9.17) is 0 Å². The summed E-state index contributed by atoms with van der Waals surface area (Å²) in [7, 11) is 0. The van der Waals surface area contributed by atoms with Crippen molar-refractivity contribution in [2.24, 2.45) is 0 Å². The topological polar surface area (TPSA) is 24.9 Å². The zero-order chi connectivity index (χ0) is 10.5. The highest BCUT2D eigenvalue weighted by Crippen LogP contribution is 2.10. The molecular formula is C11H10BrN2S. The number of nitrogens with zero attached hydrogens (tertiary/aromatic N) is 1. The summed E-state index contributed by atoms with van der Waals surface area (Å²) in [5.41, 5.74) is 5.16. The van der Waals surface area contributed by atoms with Crippen LogP contribution in [0.4, 0.5) is 0 Å². The maximum atomic E-state index is 4.09. The predicted octanol–water partition coefficient (Wildman–Crippen LogP) is 3.00. The molecule has 0 atom stereocenters. The van der Waals surface area contributed by atoms with Crippen LogP contribution in [0.15, 0.2) is 34.1 Å². The molecular weight excluding hydrogens is 272 g/mol. The minimum absolute atomic E-state index is 0.802. The van der Waals surface area contributed by atoms with Crippen molar-refractivity contribution in [2.45, 2.75) is 13.1 Å². The Morgan fingerprint density at radius 1 is 1.27 bits per heavy atom. The Kier molecular flexibility index (Phi) is 3.88. The van der Waals surface area contributed by atoms with Crippen molar-refractivity contribution in [2.75, 3.05) is 0 Å². The number of hydrogen-bond donors (Lipinski definition) is 1. The minimum atomic E-state index is 0.802. The molecule has 1 N–H and O–H groups in total. The van der Waals surface area contributed by atoms with Crippen LogP contribution in [0.5, 0.6) is 0 Å². The summed E-state index contributed by atoms with van der Waals surface area (Å²) in [4.78, 5) is 4.09. The molecule has 0 amide bonds. The molecule has 2 nitrogen and oxygen atoms in total. The first-order chi connectivity index (χ1) is 7.34. The fourth-order valence-corrected chi connectivity index (χ4v) is 1.98. The summed E-state index contributed by atoms with van der Waals surface area (Å²) in [5, 5.41) is 5.34. The molecule has 0 unspecified atom stereocenters. The van der Waals surface area contributed by atoms with E-state index in [-0.39, 0.29) is 0 Å². The lowest BCUT2D eigenvalue weighted by Crippen LogP contribution is -2.12. The summed E-state index contributed by atoms with van der Waals surface area (Å²) >= 11 is 4.92. The number of benzene rings is 1. The molecule has 0 saturated carbocycles. The van der Waals surface area contributed by atoms with Gasteiger partial charge in [0.1, 0.15) is 0 Å². The normalized spacial score (nSPS) is 10.5. The summed E-state index contributed by atoms with van der Waals surface area (Å²) in [6.45, 7) is 1.67. The predicted molar refractivity (Wildman–Crippen MR) is 65.6 cm³/mol. The van der Waals surface area contributed by atoms with E-state index in [1.165, 1.54) is 16.9 Å². The van der Waals surface area contributed by atoms with Gasteiger partial charge >= 0.3 is 0 Å². The zero-order valence-electron chi connectivity index (χ0n) is 8.03. The van der Waals surface area contributed by atoms with Crippen molar-refractivity contribution in [3.63, 3.8) is 0 Å². The second kappa shape index (κ2) is 5.39. The molecule has 0 aliphatic rings. The molecule has 15 heavy (non-hydrogen) atoms. The molecule has 2 aromatic rings. The Morgan fingerprint density at radius 3 is 2.73 bits per heavy atom. The van der Waals surface area contributed by atoms with Gasteiger partial charge in [0.25, 0.3) is 0 Å². The standard InChI is InChI=1S/C11H10BrN2S/c12-10-3-1-9(2-4-10)5-13-6-11-7-15-8-14-11/h1-4,7,13H,5-6H2. The summed E-state index contributed by atoms with van der Waals surface area (Å²) in [6.07, 6.45) is 0. The number of rotatable bonds is 4. The van der Waals surface area contributed by atoms with E-state index in [0.29, 0.717) is 0 Å². The lowest BCUT2D eigenvalue weighted by Gasteiger charge is -2.02. The van der Waals surface area contributed by atoms with Crippen molar-refractivity contribution in [1.82, 2.24) is 10.3 Å². The highest BCUT2D eigenvalue weighted by molar-refractivity contribution is 9.10. The maximum Gasteiger partial charge on any atom is 0.152 e. The Bertz CT molecular complexity index is 397. The van der Waals surface area contributed by atoms with Crippen molar-refractivity contribution < 1.29 is 0 Å². The van der Waals surface area contributed by atoms with Crippen LogP contribution in [-0.2, 0) is 13.1 Å². The summed E-state index contributed by atoms with van der Waals surface area (Å²) in [6, 6.07) is 8.30. The van der Waals surface area contributed by atoms with E-state index in [1.807, 2.05) is 17.5 Å². The SMILES string of the molecule is Brc1ccc(CNCc2cs[c]n2)cc1. The third-order valence-corrected chi connectivity index (χ3v) is 3.10. The molecule has 4 heteroatoms. The second-order valence-corrected chi connectivity index (χ2v) is 4.73. The van der Waals surface area contributed by atoms with Crippen LogP contribution in [0.1, 0.15) is 11.3 Å². The average molecular weight is 282 g/mol. The molecule has 1 heterocycles. The lowest BCUT2D eigenvalue weighted by atomic mass is 10.2. The van der Waals surface area contributed by atoms with Gasteiger partial charge in [0.2, 0.25) is 0 Å². The van der Waals surface area contributed by atoms with E-state index in [2.05, 4.69) is 43.9 Å². The number of aromatic nitrogens is 1. The van der Waals surface area contributed by atoms with Gasteiger partial charge in [-0.2, -0.15) is 0 Å². The Morgan fingerprint density at radius 2 is 2.07 bits per heavy atom. The molecule has 0 spiro atoms. The van der Waals surface area contributed by atoms with E-state index < -0.39 is 0 Å². The van der Waals surface area contributed by atoms with E-state index in [1.54, 1.807) is 0 Å². The lowest BCUT2D eigenvalue weighted by molar-refractivity contribution is 0.682. The average Bonchev–Trinajstić information content (AvgIpc) is 2.74. The summed E-state index contributed by atoms with van der Waals surface area (Å²) < 4.78 is 1.11. The molecule has 0 aliphatic carbocycles. The van der Waals surface area contributed by atoms with Crippen LogP contribution >= 0.6 is 27.3 Å². The van der Waals surface area contributed by atoms with Gasteiger partial charge in [-0.05, 0) is 17.7 Å². The highest BCUT2D eigenvalue weighted by atomic mass is 79.9. The van der Waals surface area contributed by atoms with E-state index in [9.17, 15) is 0 Å². The summed E-state index contributed by atoms with van der Waals surface area (Å²) in [5.74, 6) is 0. The van der Waals surface area contributed by atoms with E-state index >= 15 is 0 Å². The van der Waals surface area contributed by atoms with Gasteiger partial charge in [0.15, 0.2) is 5.51 Å². The number of thiazole rings is 1. The number of hydrogen-bond acceptors (Lipinski definition) is 3. The monoisotopic (exact) mass is 281 g/mol. The molecule has 1 aromatic heterocycles. The van der Waals surface area contributed by atoms with Crippen LogP contribution in [0.25, 0.3) is 0 Å². The van der Waals surface area contributed by atoms with Crippen molar-refractivity contribution in [3.8, 4) is 0 Å². The van der Waals surface area contributed by atoms with Gasteiger partial charge < -0.3 is 5.32 Å². The maximum absolute atomic E-state index is 4.09. The molecule has 2 rings (SSSR count). The fourth-order valence-electron chi connectivity index (χ4n) is 1.22. The molecule has 1 aromatic carbocycles. The van der Waals surface area contributed by atoms with Crippen LogP contribution in [0, 0.1) is 5.51 Å². The van der Waals surface area contributed by atoms with Gasteiger partial charge in [-0.25, -0.2) is 4.98 Å². The highest BCUT2D eigenvalue weighted by Gasteiger charge is 1.95. The zero-order valence-corrected chi connectivity index (χ0v) is 10.4. The van der Waals surface area contributed by atoms with Crippen LogP contribution in [0.2, 0.25) is 0 Å². The van der Waals surface area contributed by atoms with Gasteiger partial charge in [-0.3, -0.25) is 0 Å². The van der Waals surface area contributed by atoms with Crippen molar-refractivity contribution >= 4 is 27.3 Å². The molecule has 77 valence electrons. The smallest absolute Gasteiger partial charge is 0.152 e. The molecule has 0 saturated heterocycles. The Balaban J connectivity index is 1.81. The van der Waals surface area contributed by atoms with Gasteiger partial charge in [0.05, 0.1) is 5.69 Å². The molecule has 0 fully saturated rings. The largest absolute Gasteiger partial charge is 0.307 e. The van der Waals surface area contributed by atoms with Gasteiger partial charge in [-0.15, -0.1) is 11.3 Å².